The summed E-state index contributed by atoms with van der Waals surface area (Å²) in [6.45, 7) is 9.34. The Morgan fingerprint density at radius 3 is 2.42 bits per heavy atom. The minimum Gasteiger partial charge on any atom is -0.371 e. The van der Waals surface area contributed by atoms with Gasteiger partial charge in [0.2, 0.25) is 5.95 Å². The van der Waals surface area contributed by atoms with Crippen LogP contribution < -0.4 is 27.0 Å². The number of amidine groups is 1. The van der Waals surface area contributed by atoms with Gasteiger partial charge in [-0.05, 0) is 11.8 Å². The minimum atomic E-state index is -0.780. The third kappa shape index (κ3) is 4.05. The molecule has 0 saturated heterocycles. The highest BCUT2D eigenvalue weighted by Gasteiger charge is 2.36. The van der Waals surface area contributed by atoms with Gasteiger partial charge in [-0.15, -0.1) is 0 Å². The molecule has 0 radical (unpaired) electrons. The first-order valence-electron chi connectivity index (χ1n) is 8.44. The van der Waals surface area contributed by atoms with Crippen LogP contribution in [0.3, 0.4) is 0 Å². The lowest BCUT2D eigenvalue weighted by molar-refractivity contribution is 0.353. The molecule has 1 unspecified atom stereocenters. The van der Waals surface area contributed by atoms with Crippen LogP contribution in [-0.4, -0.2) is 42.2 Å². The molecule has 1 atom stereocenters. The van der Waals surface area contributed by atoms with Gasteiger partial charge in [0, 0.05) is 27.1 Å². The average molecular weight is 334 g/mol. The van der Waals surface area contributed by atoms with E-state index in [-0.39, 0.29) is 0 Å². The first kappa shape index (κ1) is 18.3. The second-order valence-corrected chi connectivity index (χ2v) is 7.04. The first-order chi connectivity index (χ1) is 11.3. The van der Waals surface area contributed by atoms with Crippen molar-refractivity contribution < 1.29 is 0 Å². The third-order valence-corrected chi connectivity index (χ3v) is 3.68. The Bertz CT molecular complexity index is 610. The highest BCUT2D eigenvalue weighted by atomic mass is 15.4. The fourth-order valence-electron chi connectivity index (χ4n) is 2.74. The molecule has 1 aliphatic rings. The van der Waals surface area contributed by atoms with Crippen molar-refractivity contribution in [3.63, 3.8) is 0 Å². The maximum absolute atomic E-state index is 6.50. The number of rotatable bonds is 6. The van der Waals surface area contributed by atoms with Crippen LogP contribution in [0.15, 0.2) is 4.99 Å². The number of hydrogen-bond donors (Lipinski definition) is 5. The van der Waals surface area contributed by atoms with Crippen LogP contribution in [0.4, 0.5) is 17.5 Å². The molecule has 1 aliphatic heterocycles. The van der Waals surface area contributed by atoms with Crippen LogP contribution >= 0.6 is 0 Å². The van der Waals surface area contributed by atoms with Gasteiger partial charge in [-0.25, -0.2) is 4.98 Å². The predicted molar refractivity (Wildman–Crippen MR) is 100 cm³/mol. The van der Waals surface area contributed by atoms with Crippen LogP contribution in [0.2, 0.25) is 0 Å². The number of nitrogens with zero attached hydrogens (tertiary/aromatic N) is 3. The van der Waals surface area contributed by atoms with E-state index >= 15 is 0 Å². The standard InChI is InChI=1S/C16H30N8/c1-9(2)7-16(17)23-12-11(14(19-6)24-16)21-15(20-8-10(3)4)22-13(12)18-5/h9-10,23H,7-8,17H2,1-6H3,(H,19,24)(H2,18,20,21,22). The molecule has 1 aromatic rings. The molecule has 2 rings (SSSR count). The molecule has 8 nitrogen and oxygen atoms in total. The van der Waals surface area contributed by atoms with Crippen molar-refractivity contribution in [3.05, 3.63) is 5.69 Å². The van der Waals surface area contributed by atoms with Crippen LogP contribution in [-0.2, 0) is 0 Å². The molecule has 2 heterocycles. The third-order valence-electron chi connectivity index (χ3n) is 3.68. The molecule has 0 saturated carbocycles. The van der Waals surface area contributed by atoms with E-state index < -0.39 is 5.79 Å². The van der Waals surface area contributed by atoms with Gasteiger partial charge in [0.25, 0.3) is 0 Å². The van der Waals surface area contributed by atoms with Crippen molar-refractivity contribution in [1.82, 2.24) is 15.3 Å². The van der Waals surface area contributed by atoms with E-state index in [0.29, 0.717) is 35.1 Å². The lowest BCUT2D eigenvalue weighted by Gasteiger charge is -2.39. The zero-order valence-electron chi connectivity index (χ0n) is 15.5. The Morgan fingerprint density at radius 2 is 1.88 bits per heavy atom. The summed E-state index contributed by atoms with van der Waals surface area (Å²) in [4.78, 5) is 13.5. The first-order valence-corrected chi connectivity index (χ1v) is 8.44. The average Bonchev–Trinajstić information content (AvgIpc) is 2.50. The van der Waals surface area contributed by atoms with Gasteiger partial charge in [0.15, 0.2) is 17.4 Å². The van der Waals surface area contributed by atoms with Crippen molar-refractivity contribution >= 4 is 23.3 Å². The molecular weight excluding hydrogens is 304 g/mol. The van der Waals surface area contributed by atoms with E-state index in [9.17, 15) is 0 Å². The lowest BCUT2D eigenvalue weighted by Crippen LogP contribution is -2.65. The Hall–Kier alpha value is -2.09. The number of nitrogens with two attached hydrogens (primary N) is 1. The van der Waals surface area contributed by atoms with Crippen molar-refractivity contribution in [2.45, 2.75) is 39.9 Å². The molecular formula is C16H30N8. The molecule has 24 heavy (non-hydrogen) atoms. The summed E-state index contributed by atoms with van der Waals surface area (Å²) in [7, 11) is 3.57. The Labute approximate surface area is 144 Å². The summed E-state index contributed by atoms with van der Waals surface area (Å²) in [5.41, 5.74) is 7.99. The summed E-state index contributed by atoms with van der Waals surface area (Å²) in [5.74, 6) is 2.08. The van der Waals surface area contributed by atoms with E-state index in [1.165, 1.54) is 0 Å². The fourth-order valence-corrected chi connectivity index (χ4v) is 2.74. The molecule has 0 aliphatic carbocycles. The summed E-state index contributed by atoms with van der Waals surface area (Å²) in [6.07, 6.45) is 0.738. The van der Waals surface area contributed by atoms with Crippen molar-refractivity contribution in [2.75, 3.05) is 36.6 Å². The second kappa shape index (κ2) is 7.21. The maximum atomic E-state index is 6.50. The van der Waals surface area contributed by atoms with E-state index in [1.807, 2.05) is 7.05 Å². The zero-order chi connectivity index (χ0) is 17.9. The number of fused-ring (bicyclic) bond motifs is 1. The van der Waals surface area contributed by atoms with Crippen molar-refractivity contribution in [2.24, 2.45) is 22.6 Å². The topological polar surface area (TPSA) is 112 Å². The summed E-state index contributed by atoms with van der Waals surface area (Å²) in [5, 5.41) is 13.0. The smallest absolute Gasteiger partial charge is 0.225 e. The van der Waals surface area contributed by atoms with E-state index in [1.54, 1.807) is 7.05 Å². The number of aliphatic imine (C=N–C) groups is 1. The number of aromatic nitrogens is 2. The van der Waals surface area contributed by atoms with Gasteiger partial charge < -0.3 is 21.3 Å². The quantitative estimate of drug-likeness (QED) is 0.537. The SMILES string of the molecule is CN=C1NC(N)(CC(C)C)Nc2c(NC)nc(NCC(C)C)nc21. The minimum absolute atomic E-state index is 0.417. The van der Waals surface area contributed by atoms with Gasteiger partial charge in [-0.3, -0.25) is 10.7 Å². The molecule has 0 spiro atoms. The monoisotopic (exact) mass is 334 g/mol. The van der Waals surface area contributed by atoms with Gasteiger partial charge in [0.1, 0.15) is 11.4 Å². The molecule has 0 aromatic carbocycles. The molecule has 1 aromatic heterocycles. The normalized spacial score (nSPS) is 21.5. The largest absolute Gasteiger partial charge is 0.371 e. The van der Waals surface area contributed by atoms with Crippen LogP contribution in [0.25, 0.3) is 0 Å². The van der Waals surface area contributed by atoms with Crippen molar-refractivity contribution in [1.29, 1.82) is 0 Å². The van der Waals surface area contributed by atoms with Crippen LogP contribution in [0, 0.1) is 11.8 Å². The fraction of sp³-hybridized carbons (Fsp3) is 0.688. The van der Waals surface area contributed by atoms with E-state index in [2.05, 4.69) is 63.9 Å². The van der Waals surface area contributed by atoms with Crippen molar-refractivity contribution in [3.8, 4) is 0 Å². The van der Waals surface area contributed by atoms with Crippen LogP contribution in [0.5, 0.6) is 0 Å². The highest BCUT2D eigenvalue weighted by Crippen LogP contribution is 2.31. The second-order valence-electron chi connectivity index (χ2n) is 7.04. The molecule has 0 bridgehead atoms. The predicted octanol–water partition coefficient (Wildman–Crippen LogP) is 1.64. The van der Waals surface area contributed by atoms with Gasteiger partial charge in [-0.1, -0.05) is 27.7 Å². The summed E-state index contributed by atoms with van der Waals surface area (Å²) in [6, 6.07) is 0. The van der Waals surface area contributed by atoms with E-state index in [4.69, 9.17) is 5.73 Å². The van der Waals surface area contributed by atoms with Gasteiger partial charge >= 0.3 is 0 Å². The lowest BCUT2D eigenvalue weighted by atomic mass is 10.0. The number of anilines is 3. The highest BCUT2D eigenvalue weighted by molar-refractivity contribution is 6.06. The Morgan fingerprint density at radius 1 is 1.17 bits per heavy atom. The van der Waals surface area contributed by atoms with Gasteiger partial charge in [0.05, 0.1) is 0 Å². The summed E-state index contributed by atoms with van der Waals surface area (Å²) < 4.78 is 0. The molecule has 0 fully saturated rings. The summed E-state index contributed by atoms with van der Waals surface area (Å²) >= 11 is 0. The molecule has 0 amide bonds. The van der Waals surface area contributed by atoms with E-state index in [0.717, 1.165) is 18.7 Å². The van der Waals surface area contributed by atoms with Gasteiger partial charge in [-0.2, -0.15) is 4.98 Å². The maximum Gasteiger partial charge on any atom is 0.225 e. The molecule has 6 N–H and O–H groups in total. The molecule has 8 heteroatoms. The number of hydrogen-bond acceptors (Lipinski definition) is 7. The Kier molecular flexibility index (Phi) is 5.48. The Balaban J connectivity index is 2.43. The van der Waals surface area contributed by atoms with Crippen LogP contribution in [0.1, 0.15) is 39.8 Å². The zero-order valence-corrected chi connectivity index (χ0v) is 15.5. The molecule has 134 valence electrons. The number of nitrogens with one attached hydrogen (secondary N) is 4.